The number of morpholine rings is 1. The number of carbonyl (C=O) groups is 1. The van der Waals surface area contributed by atoms with Crippen LogP contribution in [0, 0.1) is 0 Å². The monoisotopic (exact) mass is 428 g/mol. The van der Waals surface area contributed by atoms with Gasteiger partial charge < -0.3 is 10.1 Å². The Morgan fingerprint density at radius 3 is 2.41 bits per heavy atom. The van der Waals surface area contributed by atoms with Gasteiger partial charge in [-0.25, -0.2) is 8.42 Å². The predicted octanol–water partition coefficient (Wildman–Crippen LogP) is 3.31. The van der Waals surface area contributed by atoms with Crippen LogP contribution in [-0.2, 0) is 14.8 Å². The van der Waals surface area contributed by atoms with Crippen molar-refractivity contribution in [2.45, 2.75) is 4.90 Å². The van der Waals surface area contributed by atoms with E-state index in [2.05, 4.69) is 5.32 Å². The number of sulfonamides is 1. The highest BCUT2D eigenvalue weighted by atomic mass is 35.5. The van der Waals surface area contributed by atoms with Crippen molar-refractivity contribution >= 4 is 44.7 Å². The fraction of sp³-hybridized carbons (Fsp3) is 0.278. The van der Waals surface area contributed by atoms with Crippen molar-refractivity contribution in [1.29, 1.82) is 0 Å². The van der Waals surface area contributed by atoms with Crippen molar-refractivity contribution in [2.24, 2.45) is 0 Å². The molecule has 27 heavy (non-hydrogen) atoms. The molecular weight excluding hydrogens is 411 g/mol. The molecule has 9 heteroatoms. The smallest absolute Gasteiger partial charge is 0.243 e. The van der Waals surface area contributed by atoms with Crippen LogP contribution >= 0.6 is 23.2 Å². The molecule has 6 nitrogen and oxygen atoms in total. The largest absolute Gasteiger partial charge is 0.379 e. The molecule has 3 rings (SSSR count). The standard InChI is InChI=1S/C18H18Cl2N2O4S/c19-14-3-6-16(20)17(11-14)21-12-18(23)13-1-4-15(5-2-13)27(24,25)22-7-9-26-10-8-22/h1-6,11,21H,7-10,12H2. The third-order valence-electron chi connectivity index (χ3n) is 4.15. The number of nitrogens with one attached hydrogen (secondary N) is 1. The first-order chi connectivity index (χ1) is 12.9. The van der Waals surface area contributed by atoms with Crippen LogP contribution in [0.5, 0.6) is 0 Å². The molecule has 2 aromatic carbocycles. The van der Waals surface area contributed by atoms with Crippen LogP contribution in [0.4, 0.5) is 5.69 Å². The van der Waals surface area contributed by atoms with Crippen LogP contribution in [0.1, 0.15) is 10.4 Å². The Balaban J connectivity index is 1.67. The highest BCUT2D eigenvalue weighted by Crippen LogP contribution is 2.25. The second-order valence-corrected chi connectivity index (χ2v) is 8.72. The summed E-state index contributed by atoms with van der Waals surface area (Å²) in [5.41, 5.74) is 0.964. The number of ketones is 1. The third kappa shape index (κ3) is 4.80. The minimum absolute atomic E-state index is 0.00955. The van der Waals surface area contributed by atoms with Gasteiger partial charge in [-0.3, -0.25) is 4.79 Å². The van der Waals surface area contributed by atoms with Crippen LogP contribution in [-0.4, -0.2) is 51.4 Å². The van der Waals surface area contributed by atoms with Gasteiger partial charge in [0.2, 0.25) is 10.0 Å². The predicted molar refractivity (Wildman–Crippen MR) is 105 cm³/mol. The molecule has 0 saturated carbocycles. The summed E-state index contributed by atoms with van der Waals surface area (Å²) in [4.78, 5) is 12.5. The molecule has 0 aliphatic carbocycles. The summed E-state index contributed by atoms with van der Waals surface area (Å²) in [6.07, 6.45) is 0. The Morgan fingerprint density at radius 1 is 1.07 bits per heavy atom. The second kappa shape index (κ2) is 8.58. The van der Waals surface area contributed by atoms with E-state index in [4.69, 9.17) is 27.9 Å². The molecule has 1 aliphatic rings. The maximum Gasteiger partial charge on any atom is 0.243 e. The quantitative estimate of drug-likeness (QED) is 0.714. The molecule has 0 atom stereocenters. The molecule has 0 bridgehead atoms. The van der Waals surface area contributed by atoms with Gasteiger partial charge in [-0.15, -0.1) is 0 Å². The molecule has 0 spiro atoms. The zero-order chi connectivity index (χ0) is 19.4. The number of benzene rings is 2. The SMILES string of the molecule is O=C(CNc1cc(Cl)ccc1Cl)c1ccc(S(=O)(=O)N2CCOCC2)cc1. The number of anilines is 1. The van der Waals surface area contributed by atoms with Gasteiger partial charge in [0.15, 0.2) is 5.78 Å². The minimum Gasteiger partial charge on any atom is -0.379 e. The molecule has 0 aromatic heterocycles. The maximum absolute atomic E-state index is 12.6. The normalized spacial score (nSPS) is 15.5. The van der Waals surface area contributed by atoms with E-state index in [9.17, 15) is 13.2 Å². The van der Waals surface area contributed by atoms with E-state index >= 15 is 0 Å². The molecular formula is C18H18Cl2N2O4S. The summed E-state index contributed by atoms with van der Waals surface area (Å²) in [5, 5.41) is 3.91. The lowest BCUT2D eigenvalue weighted by Crippen LogP contribution is -2.40. The molecule has 2 aromatic rings. The Bertz CT molecular complexity index is 927. The fourth-order valence-corrected chi connectivity index (χ4v) is 4.42. The van der Waals surface area contributed by atoms with E-state index in [0.29, 0.717) is 47.6 Å². The molecule has 0 radical (unpaired) electrons. The zero-order valence-corrected chi connectivity index (χ0v) is 16.6. The van der Waals surface area contributed by atoms with Crippen molar-refractivity contribution in [1.82, 2.24) is 4.31 Å². The highest BCUT2D eigenvalue weighted by molar-refractivity contribution is 7.89. The fourth-order valence-electron chi connectivity index (χ4n) is 2.66. The third-order valence-corrected chi connectivity index (χ3v) is 6.63. The average molecular weight is 429 g/mol. The van der Waals surface area contributed by atoms with Crippen LogP contribution < -0.4 is 5.32 Å². The summed E-state index contributed by atoms with van der Waals surface area (Å²) in [6, 6.07) is 10.9. The Labute approximate surface area is 168 Å². The number of rotatable bonds is 6. The van der Waals surface area contributed by atoms with E-state index in [1.165, 1.54) is 28.6 Å². The molecule has 0 unspecified atom stereocenters. The number of halogens is 2. The summed E-state index contributed by atoms with van der Waals surface area (Å²) in [5.74, 6) is -0.193. The van der Waals surface area contributed by atoms with E-state index in [1.54, 1.807) is 18.2 Å². The van der Waals surface area contributed by atoms with Crippen molar-refractivity contribution in [3.05, 3.63) is 58.1 Å². The molecule has 0 amide bonds. The molecule has 1 fully saturated rings. The lowest BCUT2D eigenvalue weighted by Gasteiger charge is -2.26. The van der Waals surface area contributed by atoms with Crippen molar-refractivity contribution < 1.29 is 17.9 Å². The lowest BCUT2D eigenvalue weighted by molar-refractivity contribution is 0.0730. The van der Waals surface area contributed by atoms with E-state index < -0.39 is 10.0 Å². The van der Waals surface area contributed by atoms with E-state index in [1.807, 2.05) is 0 Å². The summed E-state index contributed by atoms with van der Waals surface area (Å²) in [6.45, 7) is 1.43. The molecule has 1 saturated heterocycles. The lowest BCUT2D eigenvalue weighted by atomic mass is 10.1. The average Bonchev–Trinajstić information content (AvgIpc) is 2.69. The van der Waals surface area contributed by atoms with Gasteiger partial charge in [-0.1, -0.05) is 23.2 Å². The Morgan fingerprint density at radius 2 is 1.74 bits per heavy atom. The topological polar surface area (TPSA) is 75.7 Å². The summed E-state index contributed by atoms with van der Waals surface area (Å²) >= 11 is 12.0. The second-order valence-electron chi connectivity index (χ2n) is 5.94. The van der Waals surface area contributed by atoms with Gasteiger partial charge in [-0.2, -0.15) is 4.31 Å². The van der Waals surface area contributed by atoms with Gasteiger partial charge in [0.1, 0.15) is 0 Å². The van der Waals surface area contributed by atoms with Crippen LogP contribution in [0.25, 0.3) is 0 Å². The number of Topliss-reactive ketones (excluding diaryl/α,β-unsaturated/α-hetero) is 1. The Hall–Kier alpha value is -1.64. The number of carbonyl (C=O) groups excluding carboxylic acids is 1. The number of hydrogen-bond donors (Lipinski definition) is 1. The van der Waals surface area contributed by atoms with Gasteiger partial charge in [0, 0.05) is 23.7 Å². The molecule has 144 valence electrons. The molecule has 1 N–H and O–H groups in total. The van der Waals surface area contributed by atoms with Crippen molar-refractivity contribution in [3.63, 3.8) is 0 Å². The first kappa shape index (κ1) is 20.1. The van der Waals surface area contributed by atoms with Crippen LogP contribution in [0.3, 0.4) is 0 Å². The number of nitrogens with zero attached hydrogens (tertiary/aromatic N) is 1. The maximum atomic E-state index is 12.6. The molecule has 1 aliphatic heterocycles. The van der Waals surface area contributed by atoms with Gasteiger partial charge in [0.05, 0.1) is 35.4 Å². The first-order valence-electron chi connectivity index (χ1n) is 8.28. The van der Waals surface area contributed by atoms with Crippen molar-refractivity contribution in [3.8, 4) is 0 Å². The van der Waals surface area contributed by atoms with Gasteiger partial charge in [-0.05, 0) is 42.5 Å². The van der Waals surface area contributed by atoms with E-state index in [0.717, 1.165) is 0 Å². The number of ether oxygens (including phenoxy) is 1. The van der Waals surface area contributed by atoms with Crippen molar-refractivity contribution in [2.75, 3.05) is 38.2 Å². The minimum atomic E-state index is -3.58. The van der Waals surface area contributed by atoms with Gasteiger partial charge >= 0.3 is 0 Å². The van der Waals surface area contributed by atoms with Gasteiger partial charge in [0.25, 0.3) is 0 Å². The highest BCUT2D eigenvalue weighted by Gasteiger charge is 2.26. The van der Waals surface area contributed by atoms with E-state index in [-0.39, 0.29) is 17.2 Å². The van der Waals surface area contributed by atoms with Crippen LogP contribution in [0.2, 0.25) is 10.0 Å². The first-order valence-corrected chi connectivity index (χ1v) is 10.5. The van der Waals surface area contributed by atoms with Crippen LogP contribution in [0.15, 0.2) is 47.4 Å². The summed E-state index contributed by atoms with van der Waals surface area (Å²) in [7, 11) is -3.58. The zero-order valence-electron chi connectivity index (χ0n) is 14.3. The molecule has 1 heterocycles. The number of hydrogen-bond acceptors (Lipinski definition) is 5. The summed E-state index contributed by atoms with van der Waals surface area (Å²) < 4.78 is 31.8. The Kier molecular flexibility index (Phi) is 6.39.